The van der Waals surface area contributed by atoms with Crippen molar-refractivity contribution in [1.29, 1.82) is 0 Å². The minimum atomic E-state index is -4.43. The van der Waals surface area contributed by atoms with Crippen molar-refractivity contribution >= 4 is 16.7 Å². The molecule has 0 amide bonds. The van der Waals surface area contributed by atoms with Crippen LogP contribution in [0.15, 0.2) is 30.5 Å². The molecule has 0 N–H and O–H groups in total. The fourth-order valence-electron chi connectivity index (χ4n) is 2.38. The molecule has 0 radical (unpaired) electrons. The fourth-order valence-corrected chi connectivity index (χ4v) is 2.38. The van der Waals surface area contributed by atoms with Crippen LogP contribution >= 0.6 is 0 Å². The third-order valence-electron chi connectivity index (χ3n) is 3.50. The molecule has 0 aliphatic heterocycles. The molecule has 5 nitrogen and oxygen atoms in total. The average molecular weight is 320 g/mol. The summed E-state index contributed by atoms with van der Waals surface area (Å²) in [5.74, 6) is -0.230. The van der Waals surface area contributed by atoms with Gasteiger partial charge in [-0.05, 0) is 25.1 Å². The van der Waals surface area contributed by atoms with Crippen molar-refractivity contribution in [1.82, 2.24) is 20.0 Å². The van der Waals surface area contributed by atoms with Crippen LogP contribution in [0, 0.1) is 6.92 Å². The molecular weight excluding hydrogens is 309 g/mol. The van der Waals surface area contributed by atoms with Gasteiger partial charge in [0.25, 0.3) is 0 Å². The van der Waals surface area contributed by atoms with E-state index in [-0.39, 0.29) is 17.0 Å². The molecule has 0 saturated carbocycles. The van der Waals surface area contributed by atoms with Crippen LogP contribution in [0.5, 0.6) is 0 Å². The van der Waals surface area contributed by atoms with E-state index in [1.54, 1.807) is 13.0 Å². The maximum absolute atomic E-state index is 12.8. The number of ketones is 1. The Hall–Kier alpha value is -2.77. The predicted octanol–water partition coefficient (Wildman–Crippen LogP) is 3.35. The van der Waals surface area contributed by atoms with Crippen LogP contribution in [0.4, 0.5) is 13.2 Å². The third kappa shape index (κ3) is 2.56. The molecule has 0 aliphatic carbocycles. The van der Waals surface area contributed by atoms with Crippen LogP contribution in [0.1, 0.15) is 28.7 Å². The van der Waals surface area contributed by atoms with Crippen molar-refractivity contribution in [3.8, 4) is 5.69 Å². The molecule has 118 valence electrons. The highest BCUT2D eigenvalue weighted by Crippen LogP contribution is 2.32. The van der Waals surface area contributed by atoms with E-state index in [1.807, 2.05) is 0 Å². The van der Waals surface area contributed by atoms with Crippen LogP contribution in [0.2, 0.25) is 0 Å². The Morgan fingerprint density at radius 3 is 2.57 bits per heavy atom. The first kappa shape index (κ1) is 15.1. The fraction of sp³-hybridized carbons (Fsp3) is 0.200. The van der Waals surface area contributed by atoms with E-state index in [9.17, 15) is 18.0 Å². The van der Waals surface area contributed by atoms with Crippen molar-refractivity contribution in [3.05, 3.63) is 47.4 Å². The van der Waals surface area contributed by atoms with Gasteiger partial charge >= 0.3 is 6.18 Å². The number of pyridine rings is 1. The number of benzene rings is 1. The number of carbonyl (C=O) groups is 1. The third-order valence-corrected chi connectivity index (χ3v) is 3.50. The lowest BCUT2D eigenvalue weighted by atomic mass is 10.1. The van der Waals surface area contributed by atoms with E-state index < -0.39 is 11.7 Å². The molecule has 1 aromatic carbocycles. The van der Waals surface area contributed by atoms with Crippen LogP contribution in [-0.2, 0) is 6.18 Å². The Labute approximate surface area is 128 Å². The number of nitrogens with zero attached hydrogens (tertiary/aromatic N) is 4. The van der Waals surface area contributed by atoms with Crippen LogP contribution in [-0.4, -0.2) is 25.8 Å². The molecule has 0 aliphatic rings. The zero-order valence-electron chi connectivity index (χ0n) is 12.2. The second-order valence-corrected chi connectivity index (χ2v) is 5.05. The van der Waals surface area contributed by atoms with Crippen molar-refractivity contribution in [2.45, 2.75) is 20.0 Å². The minimum absolute atomic E-state index is 0.191. The van der Waals surface area contributed by atoms with Gasteiger partial charge in [-0.15, -0.1) is 5.10 Å². The Bertz CT molecular complexity index is 915. The highest BCUT2D eigenvalue weighted by molar-refractivity contribution is 5.93. The molecular formula is C15H11F3N4O. The van der Waals surface area contributed by atoms with E-state index in [2.05, 4.69) is 15.3 Å². The first-order chi connectivity index (χ1) is 10.8. The van der Waals surface area contributed by atoms with E-state index in [1.165, 1.54) is 23.9 Å². The van der Waals surface area contributed by atoms with E-state index in [0.717, 1.165) is 12.1 Å². The predicted molar refractivity (Wildman–Crippen MR) is 76.4 cm³/mol. The maximum Gasteiger partial charge on any atom is 0.416 e. The molecule has 2 heterocycles. The Balaban J connectivity index is 2.21. The van der Waals surface area contributed by atoms with Gasteiger partial charge in [-0.1, -0.05) is 11.3 Å². The van der Waals surface area contributed by atoms with Gasteiger partial charge in [0.1, 0.15) is 0 Å². The first-order valence-electron chi connectivity index (χ1n) is 6.68. The highest BCUT2D eigenvalue weighted by atomic mass is 19.4. The molecule has 3 aromatic rings. The summed E-state index contributed by atoms with van der Waals surface area (Å²) in [6.45, 7) is 3.05. The lowest BCUT2D eigenvalue weighted by Crippen LogP contribution is -2.06. The zero-order chi connectivity index (χ0) is 16.8. The summed E-state index contributed by atoms with van der Waals surface area (Å²) < 4.78 is 39.8. The number of hydrogen-bond acceptors (Lipinski definition) is 4. The SMILES string of the molecule is CC(=O)c1nnn(-c2ccnc3cc(C(F)(F)F)ccc23)c1C. The standard InChI is InChI=1S/C15H11F3N4O/c1-8-14(9(2)23)20-21-22(8)13-5-6-19-12-7-10(15(16,17)18)3-4-11(12)13/h3-7H,1-2H3. The van der Waals surface area contributed by atoms with E-state index in [0.29, 0.717) is 16.8 Å². The van der Waals surface area contributed by atoms with Crippen molar-refractivity contribution < 1.29 is 18.0 Å². The number of carbonyl (C=O) groups excluding carboxylic acids is 1. The molecule has 0 saturated heterocycles. The van der Waals surface area contributed by atoms with Crippen molar-refractivity contribution in [2.75, 3.05) is 0 Å². The van der Waals surface area contributed by atoms with Crippen molar-refractivity contribution in [3.63, 3.8) is 0 Å². The number of halogens is 3. The molecule has 0 atom stereocenters. The molecule has 3 rings (SSSR count). The summed E-state index contributed by atoms with van der Waals surface area (Å²) in [6, 6.07) is 4.93. The minimum Gasteiger partial charge on any atom is -0.293 e. The summed E-state index contributed by atoms with van der Waals surface area (Å²) >= 11 is 0. The highest BCUT2D eigenvalue weighted by Gasteiger charge is 2.30. The topological polar surface area (TPSA) is 60.7 Å². The van der Waals surface area contributed by atoms with Crippen LogP contribution in [0.25, 0.3) is 16.6 Å². The summed E-state index contributed by atoms with van der Waals surface area (Å²) in [5.41, 5.74) is 0.680. The van der Waals surface area contributed by atoms with E-state index >= 15 is 0 Å². The van der Waals surface area contributed by atoms with Gasteiger partial charge in [0.05, 0.1) is 22.5 Å². The molecule has 0 unspecified atom stereocenters. The normalized spacial score (nSPS) is 11.9. The second-order valence-electron chi connectivity index (χ2n) is 5.05. The first-order valence-corrected chi connectivity index (χ1v) is 6.68. The van der Waals surface area contributed by atoms with Gasteiger partial charge < -0.3 is 0 Å². The summed E-state index contributed by atoms with van der Waals surface area (Å²) in [7, 11) is 0. The quantitative estimate of drug-likeness (QED) is 0.679. The van der Waals surface area contributed by atoms with Gasteiger partial charge in [0.2, 0.25) is 0 Å². The average Bonchev–Trinajstić information content (AvgIpc) is 2.87. The summed E-state index contributed by atoms with van der Waals surface area (Å²) in [5, 5.41) is 8.23. The summed E-state index contributed by atoms with van der Waals surface area (Å²) in [6.07, 6.45) is -3.04. The lowest BCUT2D eigenvalue weighted by Gasteiger charge is -2.10. The largest absolute Gasteiger partial charge is 0.416 e. The Morgan fingerprint density at radius 2 is 1.96 bits per heavy atom. The monoisotopic (exact) mass is 320 g/mol. The second kappa shape index (κ2) is 5.15. The number of alkyl halides is 3. The number of aromatic nitrogens is 4. The molecule has 8 heteroatoms. The van der Waals surface area contributed by atoms with Gasteiger partial charge in [-0.3, -0.25) is 9.78 Å². The lowest BCUT2D eigenvalue weighted by molar-refractivity contribution is -0.137. The Morgan fingerprint density at radius 1 is 1.22 bits per heavy atom. The van der Waals surface area contributed by atoms with Gasteiger partial charge in [-0.2, -0.15) is 13.2 Å². The molecule has 23 heavy (non-hydrogen) atoms. The number of fused-ring (bicyclic) bond motifs is 1. The maximum atomic E-state index is 12.8. The Kier molecular flexibility index (Phi) is 3.39. The summed E-state index contributed by atoms with van der Waals surface area (Å²) in [4.78, 5) is 15.5. The van der Waals surface area contributed by atoms with Crippen molar-refractivity contribution in [2.24, 2.45) is 0 Å². The number of Topliss-reactive ketones (excluding diaryl/α,β-unsaturated/α-hetero) is 1. The van der Waals surface area contributed by atoms with Crippen LogP contribution < -0.4 is 0 Å². The number of rotatable bonds is 2. The molecule has 2 aromatic heterocycles. The van der Waals surface area contributed by atoms with Crippen LogP contribution in [0.3, 0.4) is 0 Å². The zero-order valence-corrected chi connectivity index (χ0v) is 12.2. The number of hydrogen-bond donors (Lipinski definition) is 0. The molecule has 0 fully saturated rings. The van der Waals surface area contributed by atoms with E-state index in [4.69, 9.17) is 0 Å². The van der Waals surface area contributed by atoms with Gasteiger partial charge in [0, 0.05) is 18.5 Å². The smallest absolute Gasteiger partial charge is 0.293 e. The van der Waals surface area contributed by atoms with Gasteiger partial charge in [0.15, 0.2) is 11.5 Å². The van der Waals surface area contributed by atoms with Gasteiger partial charge in [-0.25, -0.2) is 4.68 Å². The molecule has 0 bridgehead atoms. The molecule has 0 spiro atoms.